The lowest BCUT2D eigenvalue weighted by molar-refractivity contribution is 0.407. The van der Waals surface area contributed by atoms with E-state index >= 15 is 0 Å². The van der Waals surface area contributed by atoms with E-state index in [-0.39, 0.29) is 0 Å². The smallest absolute Gasteiger partial charge is 0.0850 e. The van der Waals surface area contributed by atoms with Gasteiger partial charge in [0.1, 0.15) is 0 Å². The van der Waals surface area contributed by atoms with Crippen molar-refractivity contribution in [3.63, 3.8) is 0 Å². The van der Waals surface area contributed by atoms with Crippen molar-refractivity contribution in [2.45, 2.75) is 18.9 Å². The summed E-state index contributed by atoms with van der Waals surface area (Å²) in [5.41, 5.74) is 4.35. The maximum absolute atomic E-state index is 5.24. The summed E-state index contributed by atoms with van der Waals surface area (Å²) in [6.45, 7) is 2.12. The Balaban J connectivity index is 1.87. The van der Waals surface area contributed by atoms with Gasteiger partial charge in [-0.25, -0.2) is 0 Å². The number of hydrogen-bond acceptors (Lipinski definition) is 2. The van der Waals surface area contributed by atoms with Crippen LogP contribution in [0.3, 0.4) is 0 Å². The third-order valence-corrected chi connectivity index (χ3v) is 3.14. The highest BCUT2D eigenvalue weighted by atomic mass is 16.6. The van der Waals surface area contributed by atoms with Crippen LogP contribution in [0.5, 0.6) is 0 Å². The molecular weight excluding hydrogens is 174 g/mol. The fourth-order valence-corrected chi connectivity index (χ4v) is 2.20. The van der Waals surface area contributed by atoms with Gasteiger partial charge in [0, 0.05) is 25.7 Å². The number of fused-ring (bicyclic) bond motifs is 1. The van der Waals surface area contributed by atoms with Crippen LogP contribution in [0.1, 0.15) is 11.1 Å². The van der Waals surface area contributed by atoms with Crippen LogP contribution >= 0.6 is 0 Å². The van der Waals surface area contributed by atoms with E-state index in [1.54, 1.807) is 0 Å². The molecule has 0 N–H and O–H groups in total. The van der Waals surface area contributed by atoms with Crippen LogP contribution in [0.15, 0.2) is 18.2 Å². The van der Waals surface area contributed by atoms with E-state index < -0.39 is 0 Å². The summed E-state index contributed by atoms with van der Waals surface area (Å²) in [6.07, 6.45) is 2.80. The average Bonchev–Trinajstić information content (AvgIpc) is 2.92. The molecule has 0 radical (unpaired) electrons. The Hall–Kier alpha value is -1.02. The lowest BCUT2D eigenvalue weighted by Gasteiger charge is -2.11. The fraction of sp³-hybridized carbons (Fsp3) is 0.500. The van der Waals surface area contributed by atoms with Crippen LogP contribution in [0, 0.1) is 0 Å². The van der Waals surface area contributed by atoms with Gasteiger partial charge < -0.3 is 9.64 Å². The molecule has 0 bridgehead atoms. The van der Waals surface area contributed by atoms with E-state index in [2.05, 4.69) is 30.1 Å². The van der Waals surface area contributed by atoms with Crippen LogP contribution in [0.2, 0.25) is 0 Å². The number of benzene rings is 1. The number of hydrogen-bond donors (Lipinski definition) is 0. The first kappa shape index (κ1) is 8.30. The molecule has 14 heavy (non-hydrogen) atoms. The maximum atomic E-state index is 5.24. The summed E-state index contributed by atoms with van der Waals surface area (Å²) >= 11 is 0. The first-order chi connectivity index (χ1) is 6.83. The highest BCUT2D eigenvalue weighted by Crippen LogP contribution is 2.28. The molecule has 1 aromatic carbocycles. The van der Waals surface area contributed by atoms with Gasteiger partial charge in [-0.3, -0.25) is 0 Å². The molecule has 1 saturated heterocycles. The number of nitrogens with zero attached hydrogens (tertiary/aromatic N) is 1. The molecule has 2 nitrogen and oxygen atoms in total. The number of ether oxygens (including phenoxy) is 1. The Kier molecular flexibility index (Phi) is 1.77. The van der Waals surface area contributed by atoms with Gasteiger partial charge in [0.2, 0.25) is 0 Å². The third-order valence-electron chi connectivity index (χ3n) is 3.14. The van der Waals surface area contributed by atoms with Gasteiger partial charge in [0.15, 0.2) is 0 Å². The predicted octanol–water partition coefficient (Wildman–Crippen LogP) is 1.62. The normalized spacial score (nSPS) is 23.8. The zero-order valence-electron chi connectivity index (χ0n) is 8.49. The highest BCUT2D eigenvalue weighted by molar-refractivity contribution is 5.58. The monoisotopic (exact) mass is 189 g/mol. The lowest BCUT2D eigenvalue weighted by Crippen LogP contribution is -2.12. The molecule has 2 heteroatoms. The first-order valence-electron chi connectivity index (χ1n) is 5.27. The van der Waals surface area contributed by atoms with Crippen molar-refractivity contribution in [1.29, 1.82) is 0 Å². The molecule has 2 aliphatic rings. The summed E-state index contributed by atoms with van der Waals surface area (Å²) in [6, 6.07) is 6.84. The average molecular weight is 189 g/mol. The van der Waals surface area contributed by atoms with Gasteiger partial charge in [0.25, 0.3) is 0 Å². The standard InChI is InChI=1S/C12H15NO/c1-13-5-4-10-6-9(2-3-12(10)13)7-11-8-14-11/h2-3,6,11H,4-5,7-8H2,1H3. The number of likely N-dealkylation sites (N-methyl/N-ethyl adjacent to an activating group) is 1. The molecule has 1 unspecified atom stereocenters. The molecule has 0 spiro atoms. The Labute approximate surface area is 84.5 Å². The molecular formula is C12H15NO. The molecule has 1 aromatic rings. The lowest BCUT2D eigenvalue weighted by atomic mass is 10.0. The van der Waals surface area contributed by atoms with E-state index in [0.717, 1.165) is 13.0 Å². The molecule has 74 valence electrons. The van der Waals surface area contributed by atoms with Crippen LogP contribution in [0.4, 0.5) is 5.69 Å². The van der Waals surface area contributed by atoms with Gasteiger partial charge in [-0.2, -0.15) is 0 Å². The molecule has 2 aliphatic heterocycles. The van der Waals surface area contributed by atoms with Gasteiger partial charge in [0.05, 0.1) is 12.7 Å². The predicted molar refractivity (Wildman–Crippen MR) is 56.9 cm³/mol. The van der Waals surface area contributed by atoms with Gasteiger partial charge >= 0.3 is 0 Å². The Morgan fingerprint density at radius 2 is 2.36 bits per heavy atom. The zero-order chi connectivity index (χ0) is 9.54. The van der Waals surface area contributed by atoms with Crippen molar-refractivity contribution in [2.24, 2.45) is 0 Å². The van der Waals surface area contributed by atoms with Crippen molar-refractivity contribution in [1.82, 2.24) is 0 Å². The Morgan fingerprint density at radius 3 is 3.14 bits per heavy atom. The van der Waals surface area contributed by atoms with Crippen molar-refractivity contribution in [3.8, 4) is 0 Å². The number of rotatable bonds is 2. The van der Waals surface area contributed by atoms with Crippen LogP contribution in [-0.4, -0.2) is 26.3 Å². The largest absolute Gasteiger partial charge is 0.374 e. The minimum Gasteiger partial charge on any atom is -0.374 e. The minimum absolute atomic E-state index is 0.507. The molecule has 1 atom stereocenters. The molecule has 3 rings (SSSR count). The van der Waals surface area contributed by atoms with E-state index in [9.17, 15) is 0 Å². The molecule has 0 aromatic heterocycles. The molecule has 2 heterocycles. The number of epoxide rings is 1. The number of anilines is 1. The summed E-state index contributed by atoms with van der Waals surface area (Å²) in [5.74, 6) is 0. The van der Waals surface area contributed by atoms with Crippen LogP contribution in [-0.2, 0) is 17.6 Å². The van der Waals surface area contributed by atoms with Crippen LogP contribution in [0.25, 0.3) is 0 Å². The van der Waals surface area contributed by atoms with E-state index in [0.29, 0.717) is 6.10 Å². The fourth-order valence-electron chi connectivity index (χ4n) is 2.20. The summed E-state index contributed by atoms with van der Waals surface area (Å²) < 4.78 is 5.24. The highest BCUT2D eigenvalue weighted by Gasteiger charge is 2.23. The van der Waals surface area contributed by atoms with Crippen LogP contribution < -0.4 is 4.90 Å². The van der Waals surface area contributed by atoms with Gasteiger partial charge in [-0.1, -0.05) is 12.1 Å². The van der Waals surface area contributed by atoms with Crippen molar-refractivity contribution >= 4 is 5.69 Å². The van der Waals surface area contributed by atoms with E-state index in [1.165, 1.54) is 29.8 Å². The minimum atomic E-state index is 0.507. The second kappa shape index (κ2) is 2.99. The SMILES string of the molecule is CN1CCc2cc(CC3CO3)ccc21. The van der Waals surface area contributed by atoms with Gasteiger partial charge in [-0.15, -0.1) is 0 Å². The molecule has 0 saturated carbocycles. The second-order valence-corrected chi connectivity index (χ2v) is 4.29. The van der Waals surface area contributed by atoms with E-state index in [1.807, 2.05) is 0 Å². The van der Waals surface area contributed by atoms with Crippen molar-refractivity contribution < 1.29 is 4.74 Å². The Morgan fingerprint density at radius 1 is 1.50 bits per heavy atom. The van der Waals surface area contributed by atoms with Crippen molar-refractivity contribution in [3.05, 3.63) is 29.3 Å². The quantitative estimate of drug-likeness (QED) is 0.657. The summed E-state index contributed by atoms with van der Waals surface area (Å²) in [5, 5.41) is 0. The molecule has 1 fully saturated rings. The topological polar surface area (TPSA) is 15.8 Å². The second-order valence-electron chi connectivity index (χ2n) is 4.29. The summed E-state index contributed by atoms with van der Waals surface area (Å²) in [7, 11) is 2.16. The summed E-state index contributed by atoms with van der Waals surface area (Å²) in [4.78, 5) is 2.33. The molecule has 0 amide bonds. The molecule has 0 aliphatic carbocycles. The third kappa shape index (κ3) is 1.40. The maximum Gasteiger partial charge on any atom is 0.0850 e. The first-order valence-corrected chi connectivity index (χ1v) is 5.27. The zero-order valence-corrected chi connectivity index (χ0v) is 8.49. The van der Waals surface area contributed by atoms with Crippen molar-refractivity contribution in [2.75, 3.05) is 25.1 Å². The van der Waals surface area contributed by atoms with Gasteiger partial charge in [-0.05, 0) is 23.6 Å². The Bertz CT molecular complexity index is 357. The van der Waals surface area contributed by atoms with E-state index in [4.69, 9.17) is 4.74 Å².